The lowest BCUT2D eigenvalue weighted by atomic mass is 10.2. The first-order chi connectivity index (χ1) is 9.10. The van der Waals surface area contributed by atoms with Gasteiger partial charge >= 0.3 is 0 Å². The molecule has 0 fully saturated rings. The van der Waals surface area contributed by atoms with Crippen molar-refractivity contribution in [3.05, 3.63) is 53.3 Å². The fourth-order valence-corrected chi connectivity index (χ4v) is 1.53. The Morgan fingerprint density at radius 3 is 2.32 bits per heavy atom. The summed E-state index contributed by atoms with van der Waals surface area (Å²) in [6.07, 6.45) is 0.623. The molecule has 2 amide bonds. The second-order valence-corrected chi connectivity index (χ2v) is 3.84. The van der Waals surface area contributed by atoms with Crippen molar-refractivity contribution in [3.8, 4) is 0 Å². The molecule has 0 bridgehead atoms. The zero-order chi connectivity index (χ0) is 13.8. The van der Waals surface area contributed by atoms with E-state index in [1.807, 2.05) is 0 Å². The van der Waals surface area contributed by atoms with Gasteiger partial charge in [0.2, 0.25) is 5.91 Å². The van der Waals surface area contributed by atoms with E-state index in [4.69, 9.17) is 5.73 Å². The highest BCUT2D eigenvalue weighted by Gasteiger charge is 2.08. The van der Waals surface area contributed by atoms with Crippen LogP contribution in [-0.4, -0.2) is 23.1 Å². The number of carbonyl (C=O) groups is 3. The molecule has 0 aliphatic heterocycles. The normalized spacial score (nSPS) is 9.89. The first kappa shape index (κ1) is 12.6. The van der Waals surface area contributed by atoms with Crippen LogP contribution < -0.4 is 11.1 Å². The Balaban J connectivity index is 2.10. The molecule has 2 rings (SSSR count). The van der Waals surface area contributed by atoms with Crippen molar-refractivity contribution in [2.24, 2.45) is 5.73 Å². The minimum absolute atomic E-state index is 0.279. The van der Waals surface area contributed by atoms with E-state index in [0.717, 1.165) is 0 Å². The van der Waals surface area contributed by atoms with Crippen molar-refractivity contribution < 1.29 is 14.4 Å². The van der Waals surface area contributed by atoms with Gasteiger partial charge in [-0.3, -0.25) is 14.4 Å². The summed E-state index contributed by atoms with van der Waals surface area (Å²) in [6.45, 7) is 0. The molecule has 96 valence electrons. The van der Waals surface area contributed by atoms with Crippen molar-refractivity contribution in [1.82, 2.24) is 4.98 Å². The Hall–Kier alpha value is -2.89. The van der Waals surface area contributed by atoms with E-state index in [9.17, 15) is 14.4 Å². The summed E-state index contributed by atoms with van der Waals surface area (Å²) >= 11 is 0. The largest absolute Gasteiger partial charge is 0.366 e. The summed E-state index contributed by atoms with van der Waals surface area (Å²) in [5.41, 5.74) is 6.60. The molecule has 1 aromatic heterocycles. The van der Waals surface area contributed by atoms with Crippen LogP contribution in [0.5, 0.6) is 0 Å². The predicted molar refractivity (Wildman–Crippen MR) is 69.1 cm³/mol. The van der Waals surface area contributed by atoms with Crippen LogP contribution in [0.1, 0.15) is 31.3 Å². The topological polar surface area (TPSA) is 105 Å². The van der Waals surface area contributed by atoms with Gasteiger partial charge < -0.3 is 16.0 Å². The molecule has 0 atom stereocenters. The SMILES string of the molecule is NC(=O)c1ccc(NC(=O)c2ccc(C=O)[nH]2)cc1. The van der Waals surface area contributed by atoms with Gasteiger partial charge in [0.05, 0.1) is 5.69 Å². The second kappa shape index (κ2) is 5.18. The fraction of sp³-hybridized carbons (Fsp3) is 0. The molecule has 6 nitrogen and oxygen atoms in total. The number of nitrogens with two attached hydrogens (primary N) is 1. The van der Waals surface area contributed by atoms with E-state index < -0.39 is 5.91 Å². The van der Waals surface area contributed by atoms with Gasteiger partial charge in [0.25, 0.3) is 5.91 Å². The van der Waals surface area contributed by atoms with Gasteiger partial charge in [-0.25, -0.2) is 0 Å². The van der Waals surface area contributed by atoms with Gasteiger partial charge in [0.15, 0.2) is 6.29 Å². The number of carbonyl (C=O) groups excluding carboxylic acids is 3. The first-order valence-electron chi connectivity index (χ1n) is 5.45. The number of nitrogens with one attached hydrogen (secondary N) is 2. The zero-order valence-corrected chi connectivity index (χ0v) is 9.84. The number of H-pyrrole nitrogens is 1. The van der Waals surface area contributed by atoms with Gasteiger partial charge in [-0.05, 0) is 36.4 Å². The van der Waals surface area contributed by atoms with Crippen LogP contribution in [0.3, 0.4) is 0 Å². The molecule has 0 unspecified atom stereocenters. The highest BCUT2D eigenvalue weighted by atomic mass is 16.2. The van der Waals surface area contributed by atoms with Crippen molar-refractivity contribution >= 4 is 23.8 Å². The smallest absolute Gasteiger partial charge is 0.272 e. The number of hydrogen-bond acceptors (Lipinski definition) is 3. The number of hydrogen-bond donors (Lipinski definition) is 3. The highest BCUT2D eigenvalue weighted by Crippen LogP contribution is 2.11. The number of aldehydes is 1. The summed E-state index contributed by atoms with van der Waals surface area (Å²) < 4.78 is 0. The van der Waals surface area contributed by atoms with Gasteiger partial charge in [-0.15, -0.1) is 0 Å². The highest BCUT2D eigenvalue weighted by molar-refractivity contribution is 6.03. The molecule has 0 aliphatic rings. The number of benzene rings is 1. The first-order valence-corrected chi connectivity index (χ1v) is 5.45. The van der Waals surface area contributed by atoms with E-state index in [-0.39, 0.29) is 11.6 Å². The molecule has 0 saturated heterocycles. The van der Waals surface area contributed by atoms with Crippen molar-refractivity contribution in [3.63, 3.8) is 0 Å². The fourth-order valence-electron chi connectivity index (χ4n) is 1.53. The predicted octanol–water partition coefficient (Wildman–Crippen LogP) is 1.18. The monoisotopic (exact) mass is 257 g/mol. The number of amides is 2. The van der Waals surface area contributed by atoms with Crippen LogP contribution in [0.2, 0.25) is 0 Å². The Kier molecular flexibility index (Phi) is 3.42. The van der Waals surface area contributed by atoms with Crippen LogP contribution in [0.25, 0.3) is 0 Å². The lowest BCUT2D eigenvalue weighted by Crippen LogP contribution is -2.13. The molecule has 6 heteroatoms. The summed E-state index contributed by atoms with van der Waals surface area (Å²) in [5.74, 6) is -0.905. The zero-order valence-electron chi connectivity index (χ0n) is 9.84. The minimum atomic E-state index is -0.530. The van der Waals surface area contributed by atoms with Crippen molar-refractivity contribution in [2.75, 3.05) is 5.32 Å². The van der Waals surface area contributed by atoms with Gasteiger partial charge in [0.1, 0.15) is 5.69 Å². The Labute approximate surface area is 108 Å². The lowest BCUT2D eigenvalue weighted by Gasteiger charge is -2.04. The van der Waals surface area contributed by atoms with E-state index in [1.165, 1.54) is 24.3 Å². The Morgan fingerprint density at radius 1 is 1.11 bits per heavy atom. The number of anilines is 1. The number of rotatable bonds is 4. The van der Waals surface area contributed by atoms with Crippen LogP contribution in [0.15, 0.2) is 36.4 Å². The van der Waals surface area contributed by atoms with Crippen molar-refractivity contribution in [1.29, 1.82) is 0 Å². The second-order valence-electron chi connectivity index (χ2n) is 3.84. The molecule has 0 aliphatic carbocycles. The van der Waals surface area contributed by atoms with E-state index >= 15 is 0 Å². The molecule has 2 aromatic rings. The van der Waals surface area contributed by atoms with E-state index in [2.05, 4.69) is 10.3 Å². The van der Waals surface area contributed by atoms with Gasteiger partial charge in [0, 0.05) is 11.3 Å². The number of aromatic nitrogens is 1. The molecule has 19 heavy (non-hydrogen) atoms. The number of primary amides is 1. The molecule has 0 radical (unpaired) electrons. The molecule has 4 N–H and O–H groups in total. The van der Waals surface area contributed by atoms with Crippen LogP contribution in [0, 0.1) is 0 Å². The van der Waals surface area contributed by atoms with E-state index in [1.54, 1.807) is 12.1 Å². The maximum absolute atomic E-state index is 11.8. The molecule has 1 aromatic carbocycles. The maximum atomic E-state index is 11.8. The summed E-state index contributed by atoms with van der Waals surface area (Å²) in [5, 5.41) is 2.62. The summed E-state index contributed by atoms with van der Waals surface area (Å²) in [4.78, 5) is 35.9. The van der Waals surface area contributed by atoms with Crippen LogP contribution in [0.4, 0.5) is 5.69 Å². The average Bonchev–Trinajstić information content (AvgIpc) is 2.88. The van der Waals surface area contributed by atoms with Crippen LogP contribution >= 0.6 is 0 Å². The van der Waals surface area contributed by atoms with Gasteiger partial charge in [-0.1, -0.05) is 0 Å². The molecular weight excluding hydrogens is 246 g/mol. The lowest BCUT2D eigenvalue weighted by molar-refractivity contribution is 0.0997. The summed E-state index contributed by atoms with van der Waals surface area (Å²) in [6, 6.07) is 9.20. The quantitative estimate of drug-likeness (QED) is 0.716. The third-order valence-electron chi connectivity index (χ3n) is 2.51. The molecule has 0 spiro atoms. The Bertz CT molecular complexity index is 629. The van der Waals surface area contributed by atoms with Gasteiger partial charge in [-0.2, -0.15) is 0 Å². The number of aromatic amines is 1. The Morgan fingerprint density at radius 2 is 1.79 bits per heavy atom. The maximum Gasteiger partial charge on any atom is 0.272 e. The molecular formula is C13H11N3O3. The summed E-state index contributed by atoms with van der Waals surface area (Å²) in [7, 11) is 0. The van der Waals surface area contributed by atoms with Crippen molar-refractivity contribution in [2.45, 2.75) is 0 Å². The van der Waals surface area contributed by atoms with Crippen LogP contribution in [-0.2, 0) is 0 Å². The third-order valence-corrected chi connectivity index (χ3v) is 2.51. The molecule has 1 heterocycles. The molecule has 0 saturated carbocycles. The minimum Gasteiger partial charge on any atom is -0.366 e. The third kappa shape index (κ3) is 2.86. The van der Waals surface area contributed by atoms with E-state index in [0.29, 0.717) is 23.2 Å². The standard InChI is InChI=1S/C13H11N3O3/c14-12(18)8-1-3-9(4-2-8)16-13(19)11-6-5-10(7-17)15-11/h1-7,15H,(H2,14,18)(H,16,19). The average molecular weight is 257 g/mol.